The molecule has 2 aromatic carbocycles. The zero-order valence-corrected chi connectivity index (χ0v) is 14.5. The van der Waals surface area contributed by atoms with Gasteiger partial charge in [-0.2, -0.15) is 5.26 Å². The first kappa shape index (κ1) is 16.7. The largest absolute Gasteiger partial charge is 0.192 e. The van der Waals surface area contributed by atoms with E-state index in [1.54, 1.807) is 23.9 Å². The van der Waals surface area contributed by atoms with Crippen LogP contribution in [0.1, 0.15) is 31.9 Å². The fourth-order valence-electron chi connectivity index (χ4n) is 1.99. The second-order valence-corrected chi connectivity index (χ2v) is 8.23. The van der Waals surface area contributed by atoms with Gasteiger partial charge in [-0.05, 0) is 35.4 Å². The van der Waals surface area contributed by atoms with Crippen LogP contribution in [-0.4, -0.2) is 4.75 Å². The average molecular weight is 328 g/mol. The number of hydrogen-bond donors (Lipinski definition) is 0. The lowest BCUT2D eigenvalue weighted by molar-refractivity contribution is 0.802. The van der Waals surface area contributed by atoms with Crippen molar-refractivity contribution in [2.45, 2.75) is 30.4 Å². The quantitative estimate of drug-likeness (QED) is 0.375. The summed E-state index contributed by atoms with van der Waals surface area (Å²) in [6, 6.07) is 17.8. The first-order valence-corrected chi connectivity index (χ1v) is 8.24. The van der Waals surface area contributed by atoms with Crippen LogP contribution < -0.4 is 0 Å². The van der Waals surface area contributed by atoms with Gasteiger partial charge in [0, 0.05) is 14.7 Å². The van der Waals surface area contributed by atoms with Crippen molar-refractivity contribution in [1.82, 2.24) is 0 Å². The van der Waals surface area contributed by atoms with E-state index < -0.39 is 0 Å². The highest BCUT2D eigenvalue weighted by Crippen LogP contribution is 2.35. The molecule has 112 valence electrons. The van der Waals surface area contributed by atoms with Crippen molar-refractivity contribution in [3.8, 4) is 6.07 Å². The third-order valence-electron chi connectivity index (χ3n) is 2.91. The Labute approximate surface area is 141 Å². The molecule has 1 nitrogen and oxygen atoms in total. The number of halogens is 1. The molecule has 0 bridgehead atoms. The number of rotatable bonds is 3. The summed E-state index contributed by atoms with van der Waals surface area (Å²) in [6.07, 6.45) is 1.94. The first-order valence-electron chi connectivity index (χ1n) is 7.05. The van der Waals surface area contributed by atoms with Crippen molar-refractivity contribution in [2.75, 3.05) is 0 Å². The summed E-state index contributed by atoms with van der Waals surface area (Å²) >= 11 is 7.71. The molecule has 0 radical (unpaired) electrons. The van der Waals surface area contributed by atoms with Gasteiger partial charge in [0.05, 0.1) is 11.6 Å². The summed E-state index contributed by atoms with van der Waals surface area (Å²) in [5, 5.41) is 10.1. The molecular formula is C19H18ClNS. The molecule has 0 unspecified atom stereocenters. The maximum absolute atomic E-state index is 9.48. The van der Waals surface area contributed by atoms with E-state index in [0.717, 1.165) is 11.1 Å². The lowest BCUT2D eigenvalue weighted by Gasteiger charge is -2.19. The summed E-state index contributed by atoms with van der Waals surface area (Å²) in [5.41, 5.74) is 2.58. The summed E-state index contributed by atoms with van der Waals surface area (Å²) in [7, 11) is 0. The van der Waals surface area contributed by atoms with Gasteiger partial charge in [-0.3, -0.25) is 0 Å². The summed E-state index contributed by atoms with van der Waals surface area (Å²) in [5.74, 6) is 0. The number of hydrogen-bond acceptors (Lipinski definition) is 2. The molecule has 0 aliphatic carbocycles. The maximum atomic E-state index is 9.48. The van der Waals surface area contributed by atoms with Gasteiger partial charge in [0.15, 0.2) is 0 Å². The van der Waals surface area contributed by atoms with Crippen LogP contribution in [0.15, 0.2) is 53.4 Å². The van der Waals surface area contributed by atoms with Gasteiger partial charge in [-0.1, -0.05) is 62.7 Å². The van der Waals surface area contributed by atoms with E-state index in [1.165, 1.54) is 4.90 Å². The van der Waals surface area contributed by atoms with Crippen molar-refractivity contribution < 1.29 is 0 Å². The third kappa shape index (κ3) is 4.66. The molecule has 0 amide bonds. The lowest BCUT2D eigenvalue weighted by atomic mass is 10.0. The Morgan fingerprint density at radius 3 is 2.32 bits per heavy atom. The maximum Gasteiger partial charge on any atom is 0.0998 e. The monoisotopic (exact) mass is 327 g/mol. The second-order valence-electron chi connectivity index (χ2n) is 5.93. The van der Waals surface area contributed by atoms with Crippen LogP contribution in [0.4, 0.5) is 0 Å². The highest BCUT2D eigenvalue weighted by molar-refractivity contribution is 8.00. The molecule has 0 atom stereocenters. The Bertz CT molecular complexity index is 718. The number of thioether (sulfide) groups is 1. The molecule has 22 heavy (non-hydrogen) atoms. The van der Waals surface area contributed by atoms with Crippen LogP contribution in [-0.2, 0) is 0 Å². The smallest absolute Gasteiger partial charge is 0.0998 e. The Balaban J connectivity index is 2.42. The SMILES string of the molecule is CC(C)(C)Sc1ccccc1/C=C(\C#N)c1ccc(Cl)cc1. The average Bonchev–Trinajstić information content (AvgIpc) is 2.46. The molecule has 0 aliphatic heterocycles. The molecule has 2 aromatic rings. The van der Waals surface area contributed by atoms with E-state index in [0.29, 0.717) is 10.6 Å². The predicted molar refractivity (Wildman–Crippen MR) is 97.0 cm³/mol. The summed E-state index contributed by atoms with van der Waals surface area (Å²) < 4.78 is 0.122. The van der Waals surface area contributed by atoms with Gasteiger partial charge in [0.25, 0.3) is 0 Å². The molecule has 0 fully saturated rings. The highest BCUT2D eigenvalue weighted by Gasteiger charge is 2.14. The number of nitriles is 1. The molecule has 0 saturated heterocycles. The van der Waals surface area contributed by atoms with Gasteiger partial charge < -0.3 is 0 Å². The molecule has 0 heterocycles. The standard InChI is InChI=1S/C19H18ClNS/c1-19(2,3)22-18-7-5-4-6-15(18)12-16(13-21)14-8-10-17(20)11-9-14/h4-12H,1-3H3/b16-12+. The zero-order chi connectivity index (χ0) is 16.2. The summed E-state index contributed by atoms with van der Waals surface area (Å²) in [6.45, 7) is 6.55. The first-order chi connectivity index (χ1) is 10.4. The van der Waals surface area contributed by atoms with Crippen molar-refractivity contribution in [3.05, 3.63) is 64.7 Å². The Morgan fingerprint density at radius 2 is 1.73 bits per heavy atom. The van der Waals surface area contributed by atoms with Crippen LogP contribution in [0.2, 0.25) is 5.02 Å². The lowest BCUT2D eigenvalue weighted by Crippen LogP contribution is -2.07. The van der Waals surface area contributed by atoms with E-state index in [2.05, 4.69) is 32.9 Å². The van der Waals surface area contributed by atoms with E-state index in [-0.39, 0.29) is 4.75 Å². The second kappa shape index (κ2) is 7.05. The molecule has 2 rings (SSSR count). The number of nitrogens with zero attached hydrogens (tertiary/aromatic N) is 1. The minimum atomic E-state index is 0.122. The fraction of sp³-hybridized carbons (Fsp3) is 0.211. The molecule has 0 spiro atoms. The van der Waals surface area contributed by atoms with Gasteiger partial charge >= 0.3 is 0 Å². The molecule has 0 saturated carbocycles. The van der Waals surface area contributed by atoms with Gasteiger partial charge in [0.2, 0.25) is 0 Å². The number of allylic oxidation sites excluding steroid dienone is 1. The minimum Gasteiger partial charge on any atom is -0.192 e. The topological polar surface area (TPSA) is 23.8 Å². The molecule has 0 N–H and O–H groups in total. The van der Waals surface area contributed by atoms with Crippen LogP contribution >= 0.6 is 23.4 Å². The van der Waals surface area contributed by atoms with Gasteiger partial charge in [0.1, 0.15) is 0 Å². The van der Waals surface area contributed by atoms with Crippen LogP contribution in [0.5, 0.6) is 0 Å². The number of benzene rings is 2. The molecule has 0 aliphatic rings. The van der Waals surface area contributed by atoms with Crippen molar-refractivity contribution in [2.24, 2.45) is 0 Å². The summed E-state index contributed by atoms with van der Waals surface area (Å²) in [4.78, 5) is 1.18. The Hall–Kier alpha value is -1.69. The molecular weight excluding hydrogens is 310 g/mol. The van der Waals surface area contributed by atoms with E-state index in [1.807, 2.05) is 36.4 Å². The van der Waals surface area contributed by atoms with E-state index in [9.17, 15) is 5.26 Å². The molecule has 3 heteroatoms. The van der Waals surface area contributed by atoms with Gasteiger partial charge in [-0.25, -0.2) is 0 Å². The van der Waals surface area contributed by atoms with Crippen molar-refractivity contribution >= 4 is 35.0 Å². The minimum absolute atomic E-state index is 0.122. The van der Waals surface area contributed by atoms with Crippen molar-refractivity contribution in [1.29, 1.82) is 5.26 Å². The normalized spacial score (nSPS) is 12.0. The highest BCUT2D eigenvalue weighted by atomic mass is 35.5. The molecule has 0 aromatic heterocycles. The van der Waals surface area contributed by atoms with E-state index in [4.69, 9.17) is 11.6 Å². The zero-order valence-electron chi connectivity index (χ0n) is 12.9. The van der Waals surface area contributed by atoms with Crippen LogP contribution in [0.25, 0.3) is 11.6 Å². The Kier molecular flexibility index (Phi) is 5.34. The predicted octanol–water partition coefficient (Wildman–Crippen LogP) is 6.29. The van der Waals surface area contributed by atoms with Gasteiger partial charge in [-0.15, -0.1) is 11.8 Å². The van der Waals surface area contributed by atoms with Crippen molar-refractivity contribution in [3.63, 3.8) is 0 Å². The Morgan fingerprint density at radius 1 is 1.09 bits per heavy atom. The fourth-order valence-corrected chi connectivity index (χ4v) is 3.16. The van der Waals surface area contributed by atoms with Crippen LogP contribution in [0.3, 0.4) is 0 Å². The third-order valence-corrected chi connectivity index (χ3v) is 4.37. The van der Waals surface area contributed by atoms with Crippen LogP contribution in [0, 0.1) is 11.3 Å². The van der Waals surface area contributed by atoms with E-state index >= 15 is 0 Å².